The average Bonchev–Trinajstić information content (AvgIpc) is 2.90. The van der Waals surface area contributed by atoms with E-state index in [1.54, 1.807) is 14.0 Å². The first-order chi connectivity index (χ1) is 17.5. The Balaban J connectivity index is 0. The van der Waals surface area contributed by atoms with Crippen LogP contribution in [0.2, 0.25) is 0 Å². The fraction of sp³-hybridized carbons (Fsp3) is 0.630. The van der Waals surface area contributed by atoms with Gasteiger partial charge in [-0.3, -0.25) is 10.3 Å². The van der Waals surface area contributed by atoms with Crippen LogP contribution < -0.4 is 10.6 Å². The second-order valence-corrected chi connectivity index (χ2v) is 8.51. The highest BCUT2D eigenvalue weighted by molar-refractivity contribution is 5.87. The van der Waals surface area contributed by atoms with Crippen LogP contribution in [-0.2, 0) is 14.2 Å². The molecule has 0 aromatic rings. The molecule has 0 aromatic carbocycles. The lowest BCUT2D eigenvalue weighted by molar-refractivity contribution is 0.0522. The quantitative estimate of drug-likeness (QED) is 0.105. The second-order valence-electron chi connectivity index (χ2n) is 8.51. The van der Waals surface area contributed by atoms with Gasteiger partial charge in [0.2, 0.25) is 5.96 Å². The van der Waals surface area contributed by atoms with Gasteiger partial charge in [-0.1, -0.05) is 18.7 Å². The lowest BCUT2D eigenvalue weighted by Crippen LogP contribution is -2.36. The number of guanidine groups is 1. The van der Waals surface area contributed by atoms with E-state index in [-0.39, 0.29) is 8.68 Å². The van der Waals surface area contributed by atoms with Gasteiger partial charge in [0.15, 0.2) is 0 Å². The monoisotopic (exact) mass is 511 g/mol. The Morgan fingerprint density at radius 3 is 2.69 bits per heavy atom. The summed E-state index contributed by atoms with van der Waals surface area (Å²) in [6, 6.07) is 0. The summed E-state index contributed by atoms with van der Waals surface area (Å²) in [5.74, 6) is 0.339. The Hall–Kier alpha value is -2.33. The molecule has 0 bridgehead atoms. The summed E-state index contributed by atoms with van der Waals surface area (Å²) in [4.78, 5) is 11.0. The summed E-state index contributed by atoms with van der Waals surface area (Å²) in [6.45, 7) is 12.4. The Labute approximate surface area is 220 Å². The molecule has 0 amide bonds. The van der Waals surface area contributed by atoms with Crippen molar-refractivity contribution in [3.63, 3.8) is 0 Å². The van der Waals surface area contributed by atoms with Crippen molar-refractivity contribution < 1.29 is 21.5 Å². The van der Waals surface area contributed by atoms with E-state index in [1.807, 2.05) is 32.3 Å². The minimum Gasteiger partial charge on any atom is -0.378 e. The molecule has 1 fully saturated rings. The summed E-state index contributed by atoms with van der Waals surface area (Å²) >= 11 is 0. The molecule has 0 spiro atoms. The van der Waals surface area contributed by atoms with Crippen molar-refractivity contribution in [3.8, 4) is 0 Å². The third kappa shape index (κ3) is 13.1. The smallest absolute Gasteiger partial charge is 0.217 e. The van der Waals surface area contributed by atoms with Crippen molar-refractivity contribution >= 4 is 12.2 Å². The van der Waals surface area contributed by atoms with E-state index in [0.717, 1.165) is 44.7 Å². The van der Waals surface area contributed by atoms with Gasteiger partial charge in [0, 0.05) is 55.0 Å². The molecule has 1 unspecified atom stereocenters. The number of unbranched alkanes of at least 4 members (excludes halogenated alkanes) is 1. The summed E-state index contributed by atoms with van der Waals surface area (Å²) in [5.41, 5.74) is 2.82. The molecule has 208 valence electrons. The van der Waals surface area contributed by atoms with Gasteiger partial charge in [-0.25, -0.2) is 9.38 Å². The highest BCUT2D eigenvalue weighted by Gasteiger charge is 2.14. The van der Waals surface area contributed by atoms with Crippen LogP contribution >= 0.6 is 0 Å². The van der Waals surface area contributed by atoms with E-state index in [0.29, 0.717) is 44.3 Å². The summed E-state index contributed by atoms with van der Waals surface area (Å²) < 4.78 is 31.0. The molecule has 1 rings (SSSR count). The number of ether oxygens (including phenoxy) is 3. The van der Waals surface area contributed by atoms with Crippen molar-refractivity contribution in [1.82, 2.24) is 15.5 Å². The maximum absolute atomic E-state index is 14.9. The van der Waals surface area contributed by atoms with Crippen LogP contribution in [-0.4, -0.2) is 90.6 Å². The fourth-order valence-electron chi connectivity index (χ4n) is 3.63. The highest BCUT2D eigenvalue weighted by Crippen LogP contribution is 2.21. The number of halogens is 1. The number of morpholine rings is 1. The number of allylic oxidation sites excluding steroid dienone is 4. The standard InChI is InChI=1S/C27H46FN5O3.2H2/c1-7-10-25(33-15-17-35-18-16-33)12-14-32-27(30-5)31-13-9-8-11-24(26(28)23(3)34-6)19-22(2)20-36-21-29-4;;/h7,10,13,19,23,29H,1,8-9,11-12,14-18,20-21H2,2-6H3,(H,30,32);2*1H/b22-19+,25-10+,26-24+,31-13-;;. The highest BCUT2D eigenvalue weighted by atomic mass is 19.1. The van der Waals surface area contributed by atoms with Gasteiger partial charge in [-0.05, 0) is 57.4 Å². The predicted molar refractivity (Wildman–Crippen MR) is 151 cm³/mol. The topological polar surface area (TPSA) is 79.7 Å². The zero-order valence-electron chi connectivity index (χ0n) is 22.8. The number of aliphatic imine (C=N–C) groups is 2. The Morgan fingerprint density at radius 2 is 2.06 bits per heavy atom. The maximum Gasteiger partial charge on any atom is 0.217 e. The number of methoxy groups -OCH3 is 1. The Kier molecular flexibility index (Phi) is 17.4. The molecule has 1 heterocycles. The van der Waals surface area contributed by atoms with Crippen molar-refractivity contribution in [3.05, 3.63) is 47.5 Å². The van der Waals surface area contributed by atoms with Gasteiger partial charge in [-0.2, -0.15) is 0 Å². The van der Waals surface area contributed by atoms with Crippen LogP contribution in [0.3, 0.4) is 0 Å². The molecule has 1 aliphatic heterocycles. The second kappa shape index (κ2) is 19.8. The number of rotatable bonds is 16. The molecule has 1 saturated heterocycles. The molecule has 0 aliphatic carbocycles. The zero-order chi connectivity index (χ0) is 26.6. The van der Waals surface area contributed by atoms with Gasteiger partial charge in [0.25, 0.3) is 0 Å². The molecule has 8 nitrogen and oxygen atoms in total. The van der Waals surface area contributed by atoms with Crippen LogP contribution in [0.25, 0.3) is 0 Å². The summed E-state index contributed by atoms with van der Waals surface area (Å²) in [5, 5.41) is 6.22. The van der Waals surface area contributed by atoms with Crippen molar-refractivity contribution in [2.45, 2.75) is 45.6 Å². The number of nitrogens with one attached hydrogen (secondary N) is 2. The van der Waals surface area contributed by atoms with Gasteiger partial charge in [0.1, 0.15) is 11.9 Å². The number of hydrogen-bond acceptors (Lipinski definition) is 6. The van der Waals surface area contributed by atoms with Crippen molar-refractivity contribution in [2.75, 3.05) is 67.4 Å². The number of hydrogen-bond donors (Lipinski definition) is 2. The van der Waals surface area contributed by atoms with Crippen LogP contribution in [0.1, 0.15) is 42.4 Å². The summed E-state index contributed by atoms with van der Waals surface area (Å²) in [7, 11) is 5.05. The van der Waals surface area contributed by atoms with Crippen molar-refractivity contribution in [2.24, 2.45) is 9.98 Å². The van der Waals surface area contributed by atoms with Gasteiger partial charge < -0.3 is 24.4 Å². The van der Waals surface area contributed by atoms with Gasteiger partial charge >= 0.3 is 0 Å². The SMILES string of the molecule is C=C/C=C(\CCNC(=NC)/N=C\CCCC(/C=C(\C)COCNC)=C(\F)C(C)OC)N1CCOCC1.[HH].[HH]. The lowest BCUT2D eigenvalue weighted by atomic mass is 10.0. The minimum absolute atomic E-state index is 0. The van der Waals surface area contributed by atoms with Gasteiger partial charge in [-0.15, -0.1) is 0 Å². The molecule has 9 heteroatoms. The first-order valence-electron chi connectivity index (χ1n) is 12.6. The van der Waals surface area contributed by atoms with Crippen LogP contribution in [0.4, 0.5) is 4.39 Å². The fourth-order valence-corrected chi connectivity index (χ4v) is 3.63. The lowest BCUT2D eigenvalue weighted by Gasteiger charge is -2.31. The first-order valence-corrected chi connectivity index (χ1v) is 12.6. The maximum atomic E-state index is 14.9. The van der Waals surface area contributed by atoms with E-state index >= 15 is 0 Å². The molecule has 0 saturated carbocycles. The molecular formula is C27H50FN5O3. The Morgan fingerprint density at radius 1 is 1.31 bits per heavy atom. The van der Waals surface area contributed by atoms with Gasteiger partial charge in [0.05, 0.1) is 26.6 Å². The molecular weight excluding hydrogens is 461 g/mol. The van der Waals surface area contributed by atoms with E-state index in [1.165, 1.54) is 12.8 Å². The third-order valence-electron chi connectivity index (χ3n) is 5.61. The normalized spacial score (nSPS) is 17.4. The van der Waals surface area contributed by atoms with Crippen molar-refractivity contribution in [1.29, 1.82) is 0 Å². The Bertz CT molecular complexity index is 798. The zero-order valence-corrected chi connectivity index (χ0v) is 22.8. The largest absolute Gasteiger partial charge is 0.378 e. The molecule has 0 aromatic heterocycles. The van der Waals surface area contributed by atoms with Crippen LogP contribution in [0, 0.1) is 0 Å². The summed E-state index contributed by atoms with van der Waals surface area (Å²) in [6.07, 6.45) is 9.86. The predicted octanol–water partition coefficient (Wildman–Crippen LogP) is 4.49. The average molecular weight is 512 g/mol. The minimum atomic E-state index is -0.587. The van der Waals surface area contributed by atoms with E-state index in [2.05, 4.69) is 38.2 Å². The molecule has 2 N–H and O–H groups in total. The first kappa shape index (κ1) is 31.7. The molecule has 1 aliphatic rings. The molecule has 0 radical (unpaired) electrons. The van der Waals surface area contributed by atoms with E-state index in [9.17, 15) is 4.39 Å². The van der Waals surface area contributed by atoms with E-state index in [4.69, 9.17) is 14.2 Å². The molecule has 36 heavy (non-hydrogen) atoms. The number of nitrogens with zero attached hydrogens (tertiary/aromatic N) is 3. The third-order valence-corrected chi connectivity index (χ3v) is 5.61. The van der Waals surface area contributed by atoms with Crippen LogP contribution in [0.15, 0.2) is 57.5 Å². The van der Waals surface area contributed by atoms with Crippen LogP contribution in [0.5, 0.6) is 0 Å². The molecule has 1 atom stereocenters. The van der Waals surface area contributed by atoms with E-state index < -0.39 is 6.10 Å².